The molecule has 1 N–H and O–H groups in total. The molecule has 1 unspecified atom stereocenters. The van der Waals surface area contributed by atoms with Crippen molar-refractivity contribution in [2.24, 2.45) is 0 Å². The number of esters is 1. The number of aromatic nitrogens is 1. The summed E-state index contributed by atoms with van der Waals surface area (Å²) in [4.78, 5) is 23.5. The Bertz CT molecular complexity index is 1970. The van der Waals surface area contributed by atoms with Gasteiger partial charge in [0.05, 0.1) is 29.4 Å². The minimum absolute atomic E-state index is 0.00780. The van der Waals surface area contributed by atoms with E-state index in [2.05, 4.69) is 0 Å². The van der Waals surface area contributed by atoms with Crippen molar-refractivity contribution >= 4 is 38.5 Å². The average Bonchev–Trinajstić information content (AvgIpc) is 3.39. The quantitative estimate of drug-likeness (QED) is 0.0933. The number of benzene rings is 3. The number of rotatable bonds is 12. The summed E-state index contributed by atoms with van der Waals surface area (Å²) in [5, 5.41) is 21.8. The van der Waals surface area contributed by atoms with Crippen LogP contribution >= 0.6 is 0 Å². The number of methoxy groups -OCH3 is 1. The fraction of sp³-hybridized carbons (Fsp3) is 0.303. The van der Waals surface area contributed by atoms with Crippen molar-refractivity contribution in [2.75, 3.05) is 33.4 Å². The molecule has 0 bridgehead atoms. The highest BCUT2D eigenvalue weighted by Crippen LogP contribution is 2.45. The molecule has 0 saturated carbocycles. The van der Waals surface area contributed by atoms with Crippen LogP contribution in [0, 0.1) is 10.1 Å². The van der Waals surface area contributed by atoms with Crippen LogP contribution in [0.3, 0.4) is 0 Å². The second-order valence-electron chi connectivity index (χ2n) is 11.3. The van der Waals surface area contributed by atoms with Gasteiger partial charge in [0.25, 0.3) is 5.69 Å². The summed E-state index contributed by atoms with van der Waals surface area (Å²) in [5.41, 5.74) is -2.97. The van der Waals surface area contributed by atoms with Gasteiger partial charge in [0.2, 0.25) is 5.60 Å². The van der Waals surface area contributed by atoms with Gasteiger partial charge in [-0.25, -0.2) is 13.2 Å². The molecule has 1 aliphatic rings. The lowest BCUT2D eigenvalue weighted by Gasteiger charge is -2.43. The molecule has 48 heavy (non-hydrogen) atoms. The minimum Gasteiger partial charge on any atom is -0.495 e. The van der Waals surface area contributed by atoms with Crippen LogP contribution in [-0.2, 0) is 31.5 Å². The SMILES string of the molecule is CCOC(=O)C=Cc1ccc(S(=O)(=O)C2CN(CC(O)(c3cn(Cc4ccccc4)c4cc([N+](=O)[O-])ccc34)C(F)(F)F)C2)c(OC)c1. The highest BCUT2D eigenvalue weighted by molar-refractivity contribution is 7.92. The van der Waals surface area contributed by atoms with Crippen LogP contribution in [-0.4, -0.2) is 78.7 Å². The molecule has 5 rings (SSSR count). The highest BCUT2D eigenvalue weighted by atomic mass is 32.2. The van der Waals surface area contributed by atoms with Gasteiger partial charge in [0, 0.05) is 61.5 Å². The molecule has 0 amide bonds. The molecule has 1 fully saturated rings. The molecule has 4 aromatic rings. The molecule has 1 atom stereocenters. The van der Waals surface area contributed by atoms with Crippen molar-refractivity contribution in [1.29, 1.82) is 0 Å². The van der Waals surface area contributed by atoms with E-state index in [0.29, 0.717) is 5.56 Å². The van der Waals surface area contributed by atoms with E-state index < -0.39 is 49.9 Å². The molecule has 1 aromatic heterocycles. The number of nitro benzene ring substituents is 1. The fourth-order valence-corrected chi connectivity index (χ4v) is 7.54. The van der Waals surface area contributed by atoms with Crippen molar-refractivity contribution in [3.8, 4) is 5.75 Å². The van der Waals surface area contributed by atoms with E-state index in [1.165, 1.54) is 53.0 Å². The third-order valence-electron chi connectivity index (χ3n) is 8.19. The van der Waals surface area contributed by atoms with Crippen LogP contribution in [0.5, 0.6) is 5.75 Å². The first kappa shape index (κ1) is 34.6. The van der Waals surface area contributed by atoms with Crippen molar-refractivity contribution in [2.45, 2.75) is 35.4 Å². The molecule has 15 heteroatoms. The number of carbonyl (C=O) groups is 1. The van der Waals surface area contributed by atoms with E-state index in [0.717, 1.165) is 23.9 Å². The van der Waals surface area contributed by atoms with Crippen molar-refractivity contribution in [1.82, 2.24) is 9.47 Å². The van der Waals surface area contributed by atoms with E-state index in [1.807, 2.05) is 0 Å². The lowest BCUT2D eigenvalue weighted by Crippen LogP contribution is -2.61. The first-order valence-electron chi connectivity index (χ1n) is 14.8. The number of likely N-dealkylation sites (tertiary alicyclic amines) is 1. The zero-order valence-electron chi connectivity index (χ0n) is 25.9. The van der Waals surface area contributed by atoms with Crippen LogP contribution in [0.1, 0.15) is 23.6 Å². The van der Waals surface area contributed by atoms with E-state index >= 15 is 0 Å². The molecule has 1 saturated heterocycles. The number of nitro groups is 1. The van der Waals surface area contributed by atoms with E-state index in [1.54, 1.807) is 37.3 Å². The lowest BCUT2D eigenvalue weighted by atomic mass is 9.90. The summed E-state index contributed by atoms with van der Waals surface area (Å²) in [7, 11) is -2.81. The number of hydrogen-bond donors (Lipinski definition) is 1. The minimum atomic E-state index is -5.19. The summed E-state index contributed by atoms with van der Waals surface area (Å²) in [6.45, 7) is 0.339. The predicted molar refractivity (Wildman–Crippen MR) is 170 cm³/mol. The van der Waals surface area contributed by atoms with Crippen molar-refractivity contribution in [3.05, 3.63) is 106 Å². The Hall–Kier alpha value is -4.73. The summed E-state index contributed by atoms with van der Waals surface area (Å²) in [6.07, 6.45) is -1.44. The maximum Gasteiger partial charge on any atom is 0.422 e. The Labute approximate surface area is 273 Å². The number of halogens is 3. The van der Waals surface area contributed by atoms with E-state index in [-0.39, 0.29) is 53.5 Å². The summed E-state index contributed by atoms with van der Waals surface area (Å²) >= 11 is 0. The van der Waals surface area contributed by atoms with E-state index in [4.69, 9.17) is 9.47 Å². The third-order valence-corrected chi connectivity index (χ3v) is 10.3. The van der Waals surface area contributed by atoms with Gasteiger partial charge in [-0.2, -0.15) is 13.2 Å². The monoisotopic (exact) mass is 687 g/mol. The van der Waals surface area contributed by atoms with E-state index in [9.17, 15) is 41.6 Å². The fourth-order valence-electron chi connectivity index (χ4n) is 5.69. The van der Waals surface area contributed by atoms with Gasteiger partial charge in [-0.3, -0.25) is 15.0 Å². The molecule has 11 nitrogen and oxygen atoms in total. The molecule has 0 aliphatic carbocycles. The first-order valence-corrected chi connectivity index (χ1v) is 16.3. The number of fused-ring (bicyclic) bond motifs is 1. The van der Waals surface area contributed by atoms with Gasteiger partial charge >= 0.3 is 12.1 Å². The summed E-state index contributed by atoms with van der Waals surface area (Å²) in [6, 6.07) is 16.4. The van der Waals surface area contributed by atoms with Crippen LogP contribution in [0.2, 0.25) is 0 Å². The Morgan fingerprint density at radius 2 is 1.81 bits per heavy atom. The number of ether oxygens (including phenoxy) is 2. The van der Waals surface area contributed by atoms with Crippen LogP contribution in [0.4, 0.5) is 18.9 Å². The molecule has 0 radical (unpaired) electrons. The molecule has 254 valence electrons. The topological polar surface area (TPSA) is 141 Å². The van der Waals surface area contributed by atoms with Crippen molar-refractivity contribution in [3.63, 3.8) is 0 Å². The second-order valence-corrected chi connectivity index (χ2v) is 13.5. The van der Waals surface area contributed by atoms with Crippen LogP contribution in [0.25, 0.3) is 17.0 Å². The number of carbonyl (C=O) groups excluding carboxylic acids is 1. The summed E-state index contributed by atoms with van der Waals surface area (Å²) < 4.78 is 83.0. The average molecular weight is 688 g/mol. The standard InChI is InChI=1S/C33H32F3N3O8S/c1-3-47-31(40)14-10-22-9-13-30(29(15-22)46-2)48(44,45)25-18-37(19-25)21-32(41,33(34,35)36)27-20-38(17-23-7-5-4-6-8-23)28-16-24(39(42)43)11-12-26(27)28/h4-16,20,25,41H,3,17-19,21H2,1-2H3. The largest absolute Gasteiger partial charge is 0.495 e. The lowest BCUT2D eigenvalue weighted by molar-refractivity contribution is -0.384. The third kappa shape index (κ3) is 6.79. The smallest absolute Gasteiger partial charge is 0.422 e. The maximum absolute atomic E-state index is 14.8. The summed E-state index contributed by atoms with van der Waals surface area (Å²) in [5.74, 6) is -0.588. The van der Waals surface area contributed by atoms with Gasteiger partial charge in [0.1, 0.15) is 10.6 Å². The zero-order chi connectivity index (χ0) is 34.9. The predicted octanol–water partition coefficient (Wildman–Crippen LogP) is 5.09. The molecular weight excluding hydrogens is 655 g/mol. The Morgan fingerprint density at radius 3 is 2.44 bits per heavy atom. The molecule has 0 spiro atoms. The molecule has 3 aromatic carbocycles. The van der Waals surface area contributed by atoms with Gasteiger partial charge in [-0.1, -0.05) is 36.4 Å². The number of non-ortho nitro benzene ring substituents is 1. The number of alkyl halides is 3. The number of sulfone groups is 1. The molecule has 1 aliphatic heterocycles. The second kappa shape index (κ2) is 13.4. The molecular formula is C33H32F3N3O8S. The number of β-amino-alcohol motifs (C(OH)–C–C–N with tert-alkyl or cyclic N) is 1. The van der Waals surface area contributed by atoms with Gasteiger partial charge < -0.3 is 19.1 Å². The van der Waals surface area contributed by atoms with Gasteiger partial charge in [0.15, 0.2) is 9.84 Å². The Morgan fingerprint density at radius 1 is 1.10 bits per heavy atom. The van der Waals surface area contributed by atoms with Crippen molar-refractivity contribution < 1.29 is 45.9 Å². The maximum atomic E-state index is 14.8. The van der Waals surface area contributed by atoms with Gasteiger partial charge in [-0.15, -0.1) is 0 Å². The molecule has 2 heterocycles. The first-order chi connectivity index (χ1) is 22.7. The van der Waals surface area contributed by atoms with Gasteiger partial charge in [-0.05, 0) is 42.3 Å². The Balaban J connectivity index is 1.42. The number of aliphatic hydroxyl groups is 1. The highest BCUT2D eigenvalue weighted by Gasteiger charge is 2.58. The normalized spacial score (nSPS) is 15.7. The number of nitrogens with zero attached hydrogens (tertiary/aromatic N) is 3. The Kier molecular flexibility index (Phi) is 9.67. The van der Waals surface area contributed by atoms with Crippen LogP contribution < -0.4 is 4.74 Å². The number of hydrogen-bond acceptors (Lipinski definition) is 9. The van der Waals surface area contributed by atoms with Crippen LogP contribution in [0.15, 0.2) is 83.9 Å². The zero-order valence-corrected chi connectivity index (χ0v) is 26.7.